The molecular weight excluding hydrogens is 302 g/mol. The van der Waals surface area contributed by atoms with E-state index in [1.807, 2.05) is 48.5 Å². The Hall–Kier alpha value is -2.82. The standard InChI is InChI=1S/C21H14ClN/c22-21-11-9-18(10-12-21)20(15-23)14-16-5-4-8-19(13-16)17-6-2-1-3-7-17/h1-14H/b20-14+. The van der Waals surface area contributed by atoms with Gasteiger partial charge in [0.05, 0.1) is 11.6 Å². The zero-order valence-electron chi connectivity index (χ0n) is 12.4. The highest BCUT2D eigenvalue weighted by Gasteiger charge is 2.02. The van der Waals surface area contributed by atoms with Crippen molar-refractivity contribution in [1.29, 1.82) is 5.26 Å². The Morgan fingerprint density at radius 1 is 0.826 bits per heavy atom. The van der Waals surface area contributed by atoms with Crippen molar-refractivity contribution in [3.63, 3.8) is 0 Å². The van der Waals surface area contributed by atoms with Crippen LogP contribution >= 0.6 is 11.6 Å². The van der Waals surface area contributed by atoms with E-state index in [1.165, 1.54) is 0 Å². The van der Waals surface area contributed by atoms with Gasteiger partial charge >= 0.3 is 0 Å². The van der Waals surface area contributed by atoms with Crippen LogP contribution < -0.4 is 0 Å². The van der Waals surface area contributed by atoms with Crippen LogP contribution in [0, 0.1) is 11.3 Å². The highest BCUT2D eigenvalue weighted by molar-refractivity contribution is 6.30. The molecule has 0 aliphatic rings. The van der Waals surface area contributed by atoms with Crippen LogP contribution in [-0.4, -0.2) is 0 Å². The van der Waals surface area contributed by atoms with Crippen molar-refractivity contribution in [2.75, 3.05) is 0 Å². The number of allylic oxidation sites excluding steroid dienone is 1. The minimum Gasteiger partial charge on any atom is -0.192 e. The van der Waals surface area contributed by atoms with E-state index in [2.05, 4.69) is 30.3 Å². The molecule has 3 aromatic rings. The van der Waals surface area contributed by atoms with Gasteiger partial charge in [0.15, 0.2) is 0 Å². The fourth-order valence-corrected chi connectivity index (χ4v) is 2.54. The van der Waals surface area contributed by atoms with Gasteiger partial charge in [0.1, 0.15) is 0 Å². The number of nitriles is 1. The predicted octanol–water partition coefficient (Wildman–Crippen LogP) is 6.07. The molecule has 0 spiro atoms. The fourth-order valence-electron chi connectivity index (χ4n) is 2.41. The molecule has 0 saturated carbocycles. The van der Waals surface area contributed by atoms with Crippen molar-refractivity contribution in [2.45, 2.75) is 0 Å². The molecule has 2 heteroatoms. The van der Waals surface area contributed by atoms with Crippen molar-refractivity contribution >= 4 is 23.3 Å². The number of benzene rings is 3. The van der Waals surface area contributed by atoms with E-state index in [1.54, 1.807) is 12.1 Å². The van der Waals surface area contributed by atoms with Crippen molar-refractivity contribution < 1.29 is 0 Å². The molecule has 0 heterocycles. The SMILES string of the molecule is N#C/C(=C\c1cccc(-c2ccccc2)c1)c1ccc(Cl)cc1. The second kappa shape index (κ2) is 6.96. The predicted molar refractivity (Wildman–Crippen MR) is 96.8 cm³/mol. The molecule has 0 radical (unpaired) electrons. The quantitative estimate of drug-likeness (QED) is 0.425. The number of rotatable bonds is 3. The molecule has 0 N–H and O–H groups in total. The zero-order chi connectivity index (χ0) is 16.1. The first-order chi connectivity index (χ1) is 11.3. The van der Waals surface area contributed by atoms with Gasteiger partial charge in [-0.3, -0.25) is 0 Å². The minimum atomic E-state index is 0.617. The van der Waals surface area contributed by atoms with Crippen LogP contribution in [0.3, 0.4) is 0 Å². The van der Waals surface area contributed by atoms with Crippen LogP contribution in [0.25, 0.3) is 22.8 Å². The maximum absolute atomic E-state index is 9.45. The third kappa shape index (κ3) is 3.69. The summed E-state index contributed by atoms with van der Waals surface area (Å²) >= 11 is 5.91. The van der Waals surface area contributed by atoms with Gasteiger partial charge < -0.3 is 0 Å². The molecule has 0 atom stereocenters. The Morgan fingerprint density at radius 3 is 2.22 bits per heavy atom. The smallest absolute Gasteiger partial charge is 0.0998 e. The Balaban J connectivity index is 1.98. The van der Waals surface area contributed by atoms with Crippen LogP contribution in [0.15, 0.2) is 78.9 Å². The summed E-state index contributed by atoms with van der Waals surface area (Å²) in [5.74, 6) is 0. The summed E-state index contributed by atoms with van der Waals surface area (Å²) < 4.78 is 0. The van der Waals surface area contributed by atoms with Gasteiger partial charge in [-0.05, 0) is 46.5 Å². The normalized spacial score (nSPS) is 11.0. The first-order valence-corrected chi connectivity index (χ1v) is 7.67. The van der Waals surface area contributed by atoms with Crippen LogP contribution in [0.4, 0.5) is 0 Å². The first-order valence-electron chi connectivity index (χ1n) is 7.29. The minimum absolute atomic E-state index is 0.617. The van der Waals surface area contributed by atoms with E-state index in [0.29, 0.717) is 10.6 Å². The van der Waals surface area contributed by atoms with Gasteiger partial charge in [0.2, 0.25) is 0 Å². The Labute approximate surface area is 141 Å². The summed E-state index contributed by atoms with van der Waals surface area (Å²) in [4.78, 5) is 0. The highest BCUT2D eigenvalue weighted by Crippen LogP contribution is 2.24. The van der Waals surface area contributed by atoms with Gasteiger partial charge in [-0.15, -0.1) is 0 Å². The van der Waals surface area contributed by atoms with E-state index in [-0.39, 0.29) is 0 Å². The molecule has 0 saturated heterocycles. The number of hydrogen-bond donors (Lipinski definition) is 0. The van der Waals surface area contributed by atoms with Gasteiger partial charge in [0.25, 0.3) is 0 Å². The number of halogens is 1. The summed E-state index contributed by atoms with van der Waals surface area (Å²) in [5.41, 5.74) is 4.77. The molecule has 3 rings (SSSR count). The van der Waals surface area contributed by atoms with Gasteiger partial charge in [-0.1, -0.05) is 72.3 Å². The molecule has 0 bridgehead atoms. The first kappa shape index (κ1) is 15.1. The third-order valence-electron chi connectivity index (χ3n) is 3.58. The molecule has 0 unspecified atom stereocenters. The summed E-state index contributed by atoms with van der Waals surface area (Å²) in [6.45, 7) is 0. The molecular formula is C21H14ClN. The number of nitrogens with zero attached hydrogens (tertiary/aromatic N) is 1. The largest absolute Gasteiger partial charge is 0.192 e. The second-order valence-corrected chi connectivity index (χ2v) is 5.60. The van der Waals surface area contributed by atoms with E-state index < -0.39 is 0 Å². The lowest BCUT2D eigenvalue weighted by molar-refractivity contribution is 1.52. The summed E-state index contributed by atoms with van der Waals surface area (Å²) in [6.07, 6.45) is 1.90. The van der Waals surface area contributed by atoms with Gasteiger partial charge in [-0.25, -0.2) is 0 Å². The summed E-state index contributed by atoms with van der Waals surface area (Å²) in [7, 11) is 0. The summed E-state index contributed by atoms with van der Waals surface area (Å²) in [6, 6.07) is 27.9. The van der Waals surface area contributed by atoms with Crippen molar-refractivity contribution in [1.82, 2.24) is 0 Å². The molecule has 0 fully saturated rings. The molecule has 0 aliphatic carbocycles. The maximum Gasteiger partial charge on any atom is 0.0998 e. The maximum atomic E-state index is 9.45. The molecule has 3 aromatic carbocycles. The molecule has 0 aromatic heterocycles. The van der Waals surface area contributed by atoms with Crippen molar-refractivity contribution in [2.24, 2.45) is 0 Å². The zero-order valence-corrected chi connectivity index (χ0v) is 13.2. The van der Waals surface area contributed by atoms with E-state index in [0.717, 1.165) is 22.3 Å². The van der Waals surface area contributed by atoms with Crippen molar-refractivity contribution in [3.8, 4) is 17.2 Å². The summed E-state index contributed by atoms with van der Waals surface area (Å²) in [5, 5.41) is 10.1. The van der Waals surface area contributed by atoms with Crippen LogP contribution in [0.2, 0.25) is 5.02 Å². The lowest BCUT2D eigenvalue weighted by Gasteiger charge is -2.04. The molecule has 0 amide bonds. The molecule has 1 nitrogen and oxygen atoms in total. The van der Waals surface area contributed by atoms with Gasteiger partial charge in [-0.2, -0.15) is 5.26 Å². The Morgan fingerprint density at radius 2 is 1.52 bits per heavy atom. The van der Waals surface area contributed by atoms with Crippen LogP contribution in [0.5, 0.6) is 0 Å². The molecule has 23 heavy (non-hydrogen) atoms. The average Bonchev–Trinajstić information content (AvgIpc) is 2.61. The number of hydrogen-bond acceptors (Lipinski definition) is 1. The topological polar surface area (TPSA) is 23.8 Å². The van der Waals surface area contributed by atoms with E-state index in [4.69, 9.17) is 11.6 Å². The monoisotopic (exact) mass is 315 g/mol. The Kier molecular flexibility index (Phi) is 4.57. The average molecular weight is 316 g/mol. The molecule has 0 aliphatic heterocycles. The highest BCUT2D eigenvalue weighted by atomic mass is 35.5. The van der Waals surface area contributed by atoms with Crippen molar-refractivity contribution in [3.05, 3.63) is 95.0 Å². The fraction of sp³-hybridized carbons (Fsp3) is 0. The lowest BCUT2D eigenvalue weighted by Crippen LogP contribution is -1.83. The Bertz CT molecular complexity index is 872. The second-order valence-electron chi connectivity index (χ2n) is 5.17. The lowest BCUT2D eigenvalue weighted by atomic mass is 10.00. The van der Waals surface area contributed by atoms with E-state index >= 15 is 0 Å². The third-order valence-corrected chi connectivity index (χ3v) is 3.83. The molecule has 110 valence electrons. The van der Waals surface area contributed by atoms with Gasteiger partial charge in [0, 0.05) is 5.02 Å². The van der Waals surface area contributed by atoms with E-state index in [9.17, 15) is 5.26 Å². The van der Waals surface area contributed by atoms with Crippen LogP contribution in [-0.2, 0) is 0 Å². The van der Waals surface area contributed by atoms with Crippen LogP contribution in [0.1, 0.15) is 11.1 Å².